The molecule has 0 radical (unpaired) electrons. The summed E-state index contributed by atoms with van der Waals surface area (Å²) >= 11 is 5.87. The maximum absolute atomic E-state index is 11.6. The molecule has 0 atom stereocenters. The van der Waals surface area contributed by atoms with Crippen molar-refractivity contribution in [3.8, 4) is 0 Å². The zero-order chi connectivity index (χ0) is 13.9. The van der Waals surface area contributed by atoms with Gasteiger partial charge in [0.05, 0.1) is 0 Å². The van der Waals surface area contributed by atoms with E-state index in [0.29, 0.717) is 5.82 Å². The molecule has 0 saturated carbocycles. The Morgan fingerprint density at radius 3 is 2.56 bits per heavy atom. The highest BCUT2D eigenvalue weighted by Gasteiger charge is 2.17. The first-order chi connectivity index (χ1) is 8.31. The highest BCUT2D eigenvalue weighted by molar-refractivity contribution is 6.32. The summed E-state index contributed by atoms with van der Waals surface area (Å²) in [5.74, 6) is -1.04. The van der Waals surface area contributed by atoms with Crippen molar-refractivity contribution in [1.29, 1.82) is 5.41 Å². The first-order valence-corrected chi connectivity index (χ1v) is 5.44. The second-order valence-electron chi connectivity index (χ2n) is 3.76. The zero-order valence-electron chi connectivity index (χ0n) is 9.91. The van der Waals surface area contributed by atoms with Crippen LogP contribution in [0.5, 0.6) is 0 Å². The Hall–Kier alpha value is -2.09. The summed E-state index contributed by atoms with van der Waals surface area (Å²) in [5, 5.41) is 11.9. The standard InChI is InChI=1S/C9H14ClN7O/c1-3(2)14-7-5(10)15-4(6(11)16-7)8(18)17-9(12)13/h3H,1-2H3,(H3,11,14,16)(H4,12,13,17,18). The summed E-state index contributed by atoms with van der Waals surface area (Å²) in [6, 6.07) is 0.0908. The molecular weight excluding hydrogens is 258 g/mol. The van der Waals surface area contributed by atoms with Gasteiger partial charge in [0.1, 0.15) is 0 Å². The third-order valence-corrected chi connectivity index (χ3v) is 2.03. The number of nitrogens with zero attached hydrogens (tertiary/aromatic N) is 2. The van der Waals surface area contributed by atoms with Gasteiger partial charge in [-0.3, -0.25) is 15.5 Å². The van der Waals surface area contributed by atoms with Crippen molar-refractivity contribution in [1.82, 2.24) is 15.3 Å². The fraction of sp³-hybridized carbons (Fsp3) is 0.333. The van der Waals surface area contributed by atoms with Crippen molar-refractivity contribution in [3.63, 3.8) is 0 Å². The molecule has 0 aromatic carbocycles. The first kappa shape index (κ1) is 14.0. The van der Waals surface area contributed by atoms with Crippen LogP contribution < -0.4 is 22.1 Å². The molecule has 98 valence electrons. The molecular formula is C9H14ClN7O. The van der Waals surface area contributed by atoms with Crippen molar-refractivity contribution in [2.45, 2.75) is 19.9 Å². The lowest BCUT2D eigenvalue weighted by Gasteiger charge is -2.12. The maximum atomic E-state index is 11.6. The molecule has 1 aromatic heterocycles. The van der Waals surface area contributed by atoms with E-state index < -0.39 is 11.9 Å². The first-order valence-electron chi connectivity index (χ1n) is 5.06. The fourth-order valence-electron chi connectivity index (χ4n) is 1.14. The van der Waals surface area contributed by atoms with E-state index in [9.17, 15) is 4.79 Å². The molecule has 0 unspecified atom stereocenters. The van der Waals surface area contributed by atoms with E-state index in [1.165, 1.54) is 0 Å². The summed E-state index contributed by atoms with van der Waals surface area (Å²) in [4.78, 5) is 19.3. The topological polar surface area (TPSA) is 143 Å². The third-order valence-electron chi connectivity index (χ3n) is 1.77. The molecule has 1 aromatic rings. The normalized spacial score (nSPS) is 10.2. The van der Waals surface area contributed by atoms with E-state index in [4.69, 9.17) is 28.5 Å². The lowest BCUT2D eigenvalue weighted by atomic mass is 10.3. The summed E-state index contributed by atoms with van der Waals surface area (Å²) in [7, 11) is 0. The molecule has 1 rings (SSSR count). The van der Waals surface area contributed by atoms with E-state index in [1.54, 1.807) is 0 Å². The van der Waals surface area contributed by atoms with Gasteiger partial charge in [0.25, 0.3) is 5.91 Å². The number of carbonyl (C=O) groups is 1. The Morgan fingerprint density at radius 2 is 2.06 bits per heavy atom. The average Bonchev–Trinajstić information content (AvgIpc) is 2.21. The Kier molecular flexibility index (Phi) is 4.27. The molecule has 1 amide bonds. The SMILES string of the molecule is CC(C)Nc1nc(N)c(C(=O)NC(=N)N)nc1Cl. The van der Waals surface area contributed by atoms with Crippen LogP contribution in [-0.4, -0.2) is 27.9 Å². The third kappa shape index (κ3) is 3.45. The minimum absolute atomic E-state index is 0.0200. The van der Waals surface area contributed by atoms with Gasteiger partial charge in [-0.1, -0.05) is 11.6 Å². The van der Waals surface area contributed by atoms with Crippen LogP contribution in [0.2, 0.25) is 5.15 Å². The Bertz CT molecular complexity index is 488. The zero-order valence-corrected chi connectivity index (χ0v) is 10.7. The van der Waals surface area contributed by atoms with Crippen LogP contribution in [0.3, 0.4) is 0 Å². The van der Waals surface area contributed by atoms with E-state index in [2.05, 4.69) is 15.3 Å². The van der Waals surface area contributed by atoms with E-state index >= 15 is 0 Å². The van der Waals surface area contributed by atoms with Crippen LogP contribution in [0.25, 0.3) is 0 Å². The van der Waals surface area contributed by atoms with Crippen molar-refractivity contribution in [3.05, 3.63) is 10.8 Å². The van der Waals surface area contributed by atoms with Crippen molar-refractivity contribution >= 4 is 35.1 Å². The number of aromatic nitrogens is 2. The van der Waals surface area contributed by atoms with Crippen LogP contribution in [0.1, 0.15) is 24.3 Å². The van der Waals surface area contributed by atoms with Gasteiger partial charge in [-0.15, -0.1) is 0 Å². The number of anilines is 2. The lowest BCUT2D eigenvalue weighted by molar-refractivity contribution is 0.0972. The second-order valence-corrected chi connectivity index (χ2v) is 4.12. The van der Waals surface area contributed by atoms with Crippen LogP contribution in [-0.2, 0) is 0 Å². The number of halogens is 1. The molecule has 0 saturated heterocycles. The fourth-order valence-corrected chi connectivity index (χ4v) is 1.32. The molecule has 0 bridgehead atoms. The maximum Gasteiger partial charge on any atom is 0.280 e. The molecule has 0 aliphatic heterocycles. The number of rotatable bonds is 3. The van der Waals surface area contributed by atoms with Crippen molar-refractivity contribution < 1.29 is 4.79 Å². The molecule has 0 aliphatic rings. The van der Waals surface area contributed by atoms with Crippen LogP contribution in [0, 0.1) is 5.41 Å². The highest BCUT2D eigenvalue weighted by atomic mass is 35.5. The van der Waals surface area contributed by atoms with Crippen molar-refractivity contribution in [2.24, 2.45) is 5.73 Å². The number of hydrogen-bond donors (Lipinski definition) is 5. The lowest BCUT2D eigenvalue weighted by Crippen LogP contribution is -2.36. The predicted octanol–water partition coefficient (Wildman–Crippen LogP) is 0.156. The molecule has 7 N–H and O–H groups in total. The largest absolute Gasteiger partial charge is 0.382 e. The minimum atomic E-state index is -0.731. The molecule has 18 heavy (non-hydrogen) atoms. The monoisotopic (exact) mass is 271 g/mol. The smallest absolute Gasteiger partial charge is 0.280 e. The molecule has 0 fully saturated rings. The molecule has 9 heteroatoms. The van der Waals surface area contributed by atoms with Crippen LogP contribution >= 0.6 is 11.6 Å². The van der Waals surface area contributed by atoms with Crippen molar-refractivity contribution in [2.75, 3.05) is 11.1 Å². The number of nitrogens with two attached hydrogens (primary N) is 2. The van der Waals surface area contributed by atoms with Gasteiger partial charge in [-0.05, 0) is 13.8 Å². The highest BCUT2D eigenvalue weighted by Crippen LogP contribution is 2.20. The van der Waals surface area contributed by atoms with Crippen LogP contribution in [0.4, 0.5) is 11.6 Å². The Labute approximate surface area is 109 Å². The molecule has 1 heterocycles. The number of guanidine groups is 1. The summed E-state index contributed by atoms with van der Waals surface area (Å²) < 4.78 is 0. The number of nitrogens with one attached hydrogen (secondary N) is 3. The molecule has 0 spiro atoms. The summed E-state index contributed by atoms with van der Waals surface area (Å²) in [5.41, 5.74) is 10.5. The number of carbonyl (C=O) groups excluding carboxylic acids is 1. The van der Waals surface area contributed by atoms with E-state index in [0.717, 1.165) is 0 Å². The van der Waals surface area contributed by atoms with Gasteiger partial charge in [-0.25, -0.2) is 9.97 Å². The molecule has 8 nitrogen and oxygen atoms in total. The van der Waals surface area contributed by atoms with E-state index in [-0.39, 0.29) is 22.7 Å². The Balaban J connectivity index is 3.06. The summed E-state index contributed by atoms with van der Waals surface area (Å²) in [6.07, 6.45) is 0. The van der Waals surface area contributed by atoms with E-state index in [1.807, 2.05) is 19.2 Å². The quantitative estimate of drug-likeness (QED) is 0.391. The number of amides is 1. The van der Waals surface area contributed by atoms with Gasteiger partial charge >= 0.3 is 0 Å². The second kappa shape index (κ2) is 5.50. The van der Waals surface area contributed by atoms with Gasteiger partial charge in [0, 0.05) is 6.04 Å². The van der Waals surface area contributed by atoms with Gasteiger partial charge in [-0.2, -0.15) is 0 Å². The number of hydrogen-bond acceptors (Lipinski definition) is 6. The Morgan fingerprint density at radius 1 is 1.44 bits per heavy atom. The van der Waals surface area contributed by atoms with Gasteiger partial charge in [0.2, 0.25) is 0 Å². The van der Waals surface area contributed by atoms with Gasteiger partial charge < -0.3 is 16.8 Å². The predicted molar refractivity (Wildman–Crippen MR) is 69.6 cm³/mol. The minimum Gasteiger partial charge on any atom is -0.382 e. The molecule has 0 aliphatic carbocycles. The summed E-state index contributed by atoms with van der Waals surface area (Å²) in [6.45, 7) is 3.79. The number of nitrogen functional groups attached to an aromatic ring is 1. The average molecular weight is 272 g/mol. The van der Waals surface area contributed by atoms with Crippen LogP contribution in [0.15, 0.2) is 0 Å². The van der Waals surface area contributed by atoms with Gasteiger partial charge in [0.15, 0.2) is 28.4 Å².